The number of aliphatic hydroxyl groups excluding tert-OH is 1. The first kappa shape index (κ1) is 10.9. The molecular weight excluding hydrogens is 190 g/mol. The number of carbonyl (C=O) groups is 1. The van der Waals surface area contributed by atoms with Gasteiger partial charge in [-0.25, -0.2) is 0 Å². The van der Waals surface area contributed by atoms with Gasteiger partial charge >= 0.3 is 0 Å². The monoisotopic (exact) mass is 211 g/mol. The summed E-state index contributed by atoms with van der Waals surface area (Å²) in [6.07, 6.45) is 7.18. The van der Waals surface area contributed by atoms with E-state index >= 15 is 0 Å². The smallest absolute Gasteiger partial charge is 0.246 e. The molecule has 86 valence electrons. The van der Waals surface area contributed by atoms with E-state index in [0.29, 0.717) is 5.92 Å². The van der Waals surface area contributed by atoms with E-state index in [9.17, 15) is 4.79 Å². The highest BCUT2D eigenvalue weighted by Gasteiger charge is 2.42. The zero-order chi connectivity index (χ0) is 10.9. The summed E-state index contributed by atoms with van der Waals surface area (Å²) in [5, 5.41) is 11.9. The Labute approximate surface area is 91.2 Å². The van der Waals surface area contributed by atoms with Crippen molar-refractivity contribution < 1.29 is 9.90 Å². The molecule has 0 aromatic heterocycles. The van der Waals surface area contributed by atoms with E-state index in [-0.39, 0.29) is 18.1 Å². The number of amides is 1. The number of fused-ring (bicyclic) bond motifs is 2. The van der Waals surface area contributed by atoms with Crippen LogP contribution in [0.3, 0.4) is 0 Å². The van der Waals surface area contributed by atoms with Crippen LogP contribution in [-0.4, -0.2) is 23.2 Å². The van der Waals surface area contributed by atoms with Gasteiger partial charge in [-0.1, -0.05) is 19.8 Å². The van der Waals surface area contributed by atoms with Crippen LogP contribution in [-0.2, 0) is 4.79 Å². The number of carbonyl (C=O) groups excluding carboxylic acids is 1. The molecule has 2 aliphatic carbocycles. The van der Waals surface area contributed by atoms with Crippen LogP contribution >= 0.6 is 0 Å². The lowest BCUT2D eigenvalue weighted by molar-refractivity contribution is -0.127. The third-order valence-corrected chi connectivity index (χ3v) is 3.97. The van der Waals surface area contributed by atoms with E-state index in [4.69, 9.17) is 5.11 Å². The Morgan fingerprint density at radius 3 is 3.07 bits per heavy atom. The van der Waals surface area contributed by atoms with Crippen LogP contribution in [0.1, 0.15) is 45.4 Å². The summed E-state index contributed by atoms with van der Waals surface area (Å²) in [4.78, 5) is 11.3. The van der Waals surface area contributed by atoms with Crippen molar-refractivity contribution in [3.8, 4) is 0 Å². The Morgan fingerprint density at radius 1 is 1.53 bits per heavy atom. The van der Waals surface area contributed by atoms with Gasteiger partial charge in [0, 0.05) is 5.54 Å². The maximum Gasteiger partial charge on any atom is 0.246 e. The summed E-state index contributed by atoms with van der Waals surface area (Å²) in [5.74, 6) is 1.30. The maximum atomic E-state index is 11.3. The largest absolute Gasteiger partial charge is 0.387 e. The van der Waals surface area contributed by atoms with Crippen molar-refractivity contribution in [2.45, 2.75) is 51.0 Å². The van der Waals surface area contributed by atoms with Crippen LogP contribution in [0.15, 0.2) is 0 Å². The average Bonchev–Trinajstić information content (AvgIpc) is 2.15. The summed E-state index contributed by atoms with van der Waals surface area (Å²) in [6, 6.07) is 0. The van der Waals surface area contributed by atoms with E-state index < -0.39 is 0 Å². The molecule has 3 heteroatoms. The lowest BCUT2D eigenvalue weighted by Gasteiger charge is -2.48. The molecule has 2 aliphatic rings. The van der Waals surface area contributed by atoms with E-state index in [0.717, 1.165) is 25.2 Å². The third kappa shape index (κ3) is 2.33. The Bertz CT molecular complexity index is 250. The van der Waals surface area contributed by atoms with E-state index in [1.165, 1.54) is 19.3 Å². The van der Waals surface area contributed by atoms with Gasteiger partial charge < -0.3 is 10.4 Å². The predicted octanol–water partition coefficient (Wildman–Crippen LogP) is 1.45. The van der Waals surface area contributed by atoms with Gasteiger partial charge in [0.25, 0.3) is 0 Å². The summed E-state index contributed by atoms with van der Waals surface area (Å²) in [6.45, 7) is 1.90. The second-order valence-electron chi connectivity index (χ2n) is 5.49. The molecule has 0 heterocycles. The SMILES string of the molecule is CC1CC2CCCC(NC(=O)CO)(C1)C2. The number of hydrogen-bond donors (Lipinski definition) is 2. The zero-order valence-corrected chi connectivity index (χ0v) is 9.46. The van der Waals surface area contributed by atoms with Crippen LogP contribution in [0.25, 0.3) is 0 Å². The Balaban J connectivity index is 2.06. The number of nitrogens with one attached hydrogen (secondary N) is 1. The van der Waals surface area contributed by atoms with Gasteiger partial charge in [-0.3, -0.25) is 4.79 Å². The van der Waals surface area contributed by atoms with Crippen LogP contribution in [0, 0.1) is 11.8 Å². The van der Waals surface area contributed by atoms with Crippen LogP contribution < -0.4 is 5.32 Å². The molecule has 3 unspecified atom stereocenters. The van der Waals surface area contributed by atoms with Crippen LogP contribution in [0.2, 0.25) is 0 Å². The highest BCUT2D eigenvalue weighted by atomic mass is 16.3. The minimum Gasteiger partial charge on any atom is -0.387 e. The standard InChI is InChI=1S/C12H21NO2/c1-9-5-10-3-2-4-12(6-9,7-10)13-11(15)8-14/h9-10,14H,2-8H2,1H3,(H,13,15). The molecule has 0 aliphatic heterocycles. The van der Waals surface area contributed by atoms with Crippen molar-refractivity contribution >= 4 is 5.91 Å². The molecule has 0 saturated heterocycles. The molecule has 2 rings (SSSR count). The summed E-state index contributed by atoms with van der Waals surface area (Å²) in [5.41, 5.74) is 0.0143. The molecule has 3 atom stereocenters. The second-order valence-corrected chi connectivity index (χ2v) is 5.49. The molecule has 3 nitrogen and oxygen atoms in total. The number of rotatable bonds is 2. The van der Waals surface area contributed by atoms with Crippen molar-refractivity contribution in [3.63, 3.8) is 0 Å². The minimum atomic E-state index is -0.374. The summed E-state index contributed by atoms with van der Waals surface area (Å²) < 4.78 is 0. The fraction of sp³-hybridized carbons (Fsp3) is 0.917. The second kappa shape index (κ2) is 4.12. The van der Waals surface area contributed by atoms with Gasteiger partial charge in [-0.15, -0.1) is 0 Å². The Morgan fingerprint density at radius 2 is 2.33 bits per heavy atom. The van der Waals surface area contributed by atoms with Gasteiger partial charge in [0.05, 0.1) is 0 Å². The molecule has 2 N–H and O–H groups in total. The normalized spacial score (nSPS) is 39.9. The lowest BCUT2D eigenvalue weighted by atomic mass is 9.64. The lowest BCUT2D eigenvalue weighted by Crippen LogP contribution is -2.55. The van der Waals surface area contributed by atoms with Crippen molar-refractivity contribution in [3.05, 3.63) is 0 Å². The fourth-order valence-electron chi connectivity index (χ4n) is 3.69. The van der Waals surface area contributed by atoms with Crippen molar-refractivity contribution in [1.29, 1.82) is 0 Å². The van der Waals surface area contributed by atoms with Gasteiger partial charge in [-0.2, -0.15) is 0 Å². The van der Waals surface area contributed by atoms with Gasteiger partial charge in [0.1, 0.15) is 6.61 Å². The van der Waals surface area contributed by atoms with Crippen LogP contribution in [0.4, 0.5) is 0 Å². The van der Waals surface area contributed by atoms with E-state index in [1.54, 1.807) is 0 Å². The van der Waals surface area contributed by atoms with Gasteiger partial charge in [0.2, 0.25) is 5.91 Å². The summed E-state index contributed by atoms with van der Waals surface area (Å²) in [7, 11) is 0. The highest BCUT2D eigenvalue weighted by Crippen LogP contribution is 2.45. The molecule has 0 aromatic carbocycles. The maximum absolute atomic E-state index is 11.3. The molecule has 0 aromatic rings. The molecule has 2 saturated carbocycles. The van der Waals surface area contributed by atoms with E-state index in [1.807, 2.05) is 0 Å². The van der Waals surface area contributed by atoms with Crippen molar-refractivity contribution in [2.75, 3.05) is 6.61 Å². The average molecular weight is 211 g/mol. The molecule has 0 radical (unpaired) electrons. The number of hydrogen-bond acceptors (Lipinski definition) is 2. The first-order valence-corrected chi connectivity index (χ1v) is 6.05. The fourth-order valence-corrected chi connectivity index (χ4v) is 3.69. The van der Waals surface area contributed by atoms with Crippen molar-refractivity contribution in [2.24, 2.45) is 11.8 Å². The minimum absolute atomic E-state index is 0.0143. The molecule has 2 bridgehead atoms. The first-order valence-electron chi connectivity index (χ1n) is 6.05. The summed E-state index contributed by atoms with van der Waals surface area (Å²) >= 11 is 0. The topological polar surface area (TPSA) is 49.3 Å². The number of aliphatic hydroxyl groups is 1. The molecule has 0 spiro atoms. The first-order chi connectivity index (χ1) is 7.13. The Kier molecular flexibility index (Phi) is 3.01. The molecule has 2 fully saturated rings. The predicted molar refractivity (Wildman–Crippen MR) is 58.3 cm³/mol. The quantitative estimate of drug-likeness (QED) is 0.726. The molecule has 1 amide bonds. The highest BCUT2D eigenvalue weighted by molar-refractivity contribution is 5.77. The molecular formula is C12H21NO2. The third-order valence-electron chi connectivity index (χ3n) is 3.97. The zero-order valence-electron chi connectivity index (χ0n) is 9.46. The van der Waals surface area contributed by atoms with E-state index in [2.05, 4.69) is 12.2 Å². The van der Waals surface area contributed by atoms with Gasteiger partial charge in [0.15, 0.2) is 0 Å². The van der Waals surface area contributed by atoms with Gasteiger partial charge in [-0.05, 0) is 37.5 Å². The van der Waals surface area contributed by atoms with Crippen molar-refractivity contribution in [1.82, 2.24) is 5.32 Å². The molecule has 15 heavy (non-hydrogen) atoms. The van der Waals surface area contributed by atoms with Crippen LogP contribution in [0.5, 0.6) is 0 Å². The Hall–Kier alpha value is -0.570.